The van der Waals surface area contributed by atoms with Gasteiger partial charge in [-0.15, -0.1) is 0 Å². The number of halogens is 2. The summed E-state index contributed by atoms with van der Waals surface area (Å²) in [4.78, 5) is 4.06. The summed E-state index contributed by atoms with van der Waals surface area (Å²) < 4.78 is 9.52. The van der Waals surface area contributed by atoms with E-state index in [0.717, 1.165) is 0 Å². The summed E-state index contributed by atoms with van der Waals surface area (Å²) in [7, 11) is 0. The molecule has 0 radical (unpaired) electrons. The number of hydrogen-bond acceptors (Lipinski definition) is 2. The van der Waals surface area contributed by atoms with E-state index < -0.39 is 0 Å². The molecular formula is C8H11ClINO. The molecule has 0 aromatic carbocycles. The lowest BCUT2D eigenvalue weighted by Gasteiger charge is -2.21. The quantitative estimate of drug-likeness (QED) is 0.498. The maximum Gasteiger partial charge on any atom is 0.221 e. The first-order chi connectivity index (χ1) is 5.47. The van der Waals surface area contributed by atoms with Crippen LogP contribution >= 0.6 is 32.3 Å². The van der Waals surface area contributed by atoms with Gasteiger partial charge in [-0.25, -0.2) is 4.99 Å². The summed E-state index contributed by atoms with van der Waals surface area (Å²) in [6, 6.07) is 0. The van der Waals surface area contributed by atoms with Gasteiger partial charge in [-0.3, -0.25) is 0 Å². The van der Waals surface area contributed by atoms with Crippen molar-refractivity contribution in [2.24, 2.45) is 4.99 Å². The molecule has 0 N–H and O–H groups in total. The SMILES string of the molecule is CC(C)(C)OC1=NC(Cl)=CI=C1. The first-order valence-corrected chi connectivity index (χ1v) is 6.43. The fraction of sp³-hybridized carbons (Fsp3) is 0.500. The van der Waals surface area contributed by atoms with E-state index in [1.54, 1.807) is 0 Å². The molecule has 1 heterocycles. The van der Waals surface area contributed by atoms with Crippen molar-refractivity contribution in [1.29, 1.82) is 0 Å². The van der Waals surface area contributed by atoms with Gasteiger partial charge in [0.2, 0.25) is 5.90 Å². The van der Waals surface area contributed by atoms with Gasteiger partial charge in [-0.2, -0.15) is 0 Å². The Balaban J connectivity index is 2.68. The first kappa shape index (κ1) is 10.2. The van der Waals surface area contributed by atoms with E-state index in [1.807, 2.05) is 28.9 Å². The number of rotatable bonds is 0. The molecule has 0 unspecified atom stereocenters. The van der Waals surface area contributed by atoms with Crippen LogP contribution in [0.4, 0.5) is 0 Å². The second kappa shape index (κ2) is 3.87. The predicted molar refractivity (Wildman–Crippen MR) is 62.3 cm³/mol. The van der Waals surface area contributed by atoms with Gasteiger partial charge in [0, 0.05) is 8.09 Å². The maximum atomic E-state index is 5.74. The average molecular weight is 300 g/mol. The Kier molecular flexibility index (Phi) is 3.29. The summed E-state index contributed by atoms with van der Waals surface area (Å²) in [5.41, 5.74) is -0.187. The van der Waals surface area contributed by atoms with Gasteiger partial charge in [-0.1, -0.05) is 32.3 Å². The van der Waals surface area contributed by atoms with E-state index in [-0.39, 0.29) is 26.3 Å². The fourth-order valence-electron chi connectivity index (χ4n) is 0.650. The van der Waals surface area contributed by atoms with Gasteiger partial charge < -0.3 is 4.74 Å². The fourth-order valence-corrected chi connectivity index (χ4v) is 2.24. The minimum Gasteiger partial charge on any atom is -0.472 e. The molecule has 0 atom stereocenters. The number of hydrogen-bond donors (Lipinski definition) is 0. The average Bonchev–Trinajstić information content (AvgIpc) is 1.82. The smallest absolute Gasteiger partial charge is 0.221 e. The molecule has 68 valence electrons. The third kappa shape index (κ3) is 3.67. The van der Waals surface area contributed by atoms with Gasteiger partial charge in [0.05, 0.1) is 0 Å². The van der Waals surface area contributed by atoms with Gasteiger partial charge in [0.15, 0.2) is 0 Å². The highest BCUT2D eigenvalue weighted by Gasteiger charge is 2.14. The van der Waals surface area contributed by atoms with Crippen LogP contribution in [0.5, 0.6) is 0 Å². The van der Waals surface area contributed by atoms with E-state index >= 15 is 0 Å². The molecular weight excluding hydrogens is 288 g/mol. The van der Waals surface area contributed by atoms with Gasteiger partial charge in [0.1, 0.15) is 10.8 Å². The molecule has 0 aromatic heterocycles. The Hall–Kier alpha value is 0.100. The van der Waals surface area contributed by atoms with Crippen LogP contribution in [0.3, 0.4) is 0 Å². The summed E-state index contributed by atoms with van der Waals surface area (Å²) in [6.07, 6.45) is 0. The number of nitrogens with zero attached hydrogens (tertiary/aromatic N) is 1. The molecule has 1 rings (SSSR count). The van der Waals surface area contributed by atoms with Crippen LogP contribution in [0.15, 0.2) is 14.2 Å². The Labute approximate surface area is 87.4 Å². The highest BCUT2D eigenvalue weighted by molar-refractivity contribution is 14.2. The van der Waals surface area contributed by atoms with E-state index in [9.17, 15) is 0 Å². The van der Waals surface area contributed by atoms with Gasteiger partial charge in [0.25, 0.3) is 0 Å². The summed E-state index contributed by atoms with van der Waals surface area (Å²) in [6.45, 7) is 5.98. The molecule has 0 saturated carbocycles. The Morgan fingerprint density at radius 2 is 2.17 bits per heavy atom. The summed E-state index contributed by atoms with van der Waals surface area (Å²) in [5.74, 6) is 0.669. The molecule has 0 spiro atoms. The third-order valence-electron chi connectivity index (χ3n) is 0.937. The third-order valence-corrected chi connectivity index (χ3v) is 3.34. The Bertz CT molecular complexity index is 263. The largest absolute Gasteiger partial charge is 0.472 e. The monoisotopic (exact) mass is 299 g/mol. The zero-order chi connectivity index (χ0) is 9.19. The van der Waals surface area contributed by atoms with Crippen molar-refractivity contribution in [1.82, 2.24) is 0 Å². The molecule has 0 aromatic rings. The minimum atomic E-state index is -0.187. The van der Waals surface area contributed by atoms with Gasteiger partial charge in [-0.05, 0) is 20.8 Å². The normalized spacial score (nSPS) is 17.7. The highest BCUT2D eigenvalue weighted by Crippen LogP contribution is 2.18. The molecule has 0 amide bonds. The number of aliphatic imine (C=N–C) groups is 1. The second-order valence-corrected chi connectivity index (χ2v) is 5.68. The van der Waals surface area contributed by atoms with Crippen molar-refractivity contribution in [2.75, 3.05) is 0 Å². The van der Waals surface area contributed by atoms with E-state index in [0.29, 0.717) is 11.1 Å². The maximum absolute atomic E-state index is 5.74. The van der Waals surface area contributed by atoms with Crippen LogP contribution in [-0.4, -0.2) is 15.5 Å². The molecule has 0 aliphatic carbocycles. The molecule has 12 heavy (non-hydrogen) atoms. The molecule has 0 fully saturated rings. The van der Waals surface area contributed by atoms with E-state index in [2.05, 4.69) is 4.99 Å². The topological polar surface area (TPSA) is 21.6 Å². The van der Waals surface area contributed by atoms with Crippen LogP contribution in [0.2, 0.25) is 0 Å². The van der Waals surface area contributed by atoms with Crippen LogP contribution in [0.1, 0.15) is 20.8 Å². The van der Waals surface area contributed by atoms with Crippen molar-refractivity contribution in [3.63, 3.8) is 0 Å². The Morgan fingerprint density at radius 3 is 2.67 bits per heavy atom. The highest BCUT2D eigenvalue weighted by atomic mass is 127. The zero-order valence-electron chi connectivity index (χ0n) is 7.27. The van der Waals surface area contributed by atoms with Crippen LogP contribution in [-0.2, 0) is 4.74 Å². The van der Waals surface area contributed by atoms with Crippen molar-refractivity contribution in [3.05, 3.63) is 9.24 Å². The molecule has 0 bridgehead atoms. The van der Waals surface area contributed by atoms with Gasteiger partial charge >= 0.3 is 0 Å². The molecule has 1 aliphatic rings. The lowest BCUT2D eigenvalue weighted by atomic mass is 10.2. The van der Waals surface area contributed by atoms with E-state index in [1.165, 1.54) is 0 Å². The number of ether oxygens (including phenoxy) is 1. The predicted octanol–water partition coefficient (Wildman–Crippen LogP) is 3.02. The minimum absolute atomic E-state index is 0.0952. The van der Waals surface area contributed by atoms with Crippen molar-refractivity contribution >= 4 is 42.2 Å². The zero-order valence-corrected chi connectivity index (χ0v) is 10.2. The van der Waals surface area contributed by atoms with Crippen molar-refractivity contribution in [2.45, 2.75) is 26.4 Å². The molecule has 4 heteroatoms. The van der Waals surface area contributed by atoms with Crippen LogP contribution in [0.25, 0.3) is 0 Å². The summed E-state index contributed by atoms with van der Waals surface area (Å²) >= 11 is 5.65. The second-order valence-electron chi connectivity index (χ2n) is 3.33. The lowest BCUT2D eigenvalue weighted by molar-refractivity contribution is 0.121. The van der Waals surface area contributed by atoms with Crippen LogP contribution < -0.4 is 0 Å². The summed E-state index contributed by atoms with van der Waals surface area (Å²) in [5, 5.41) is 0.560. The van der Waals surface area contributed by atoms with Crippen molar-refractivity contribution < 1.29 is 4.74 Å². The van der Waals surface area contributed by atoms with E-state index in [4.69, 9.17) is 16.3 Å². The van der Waals surface area contributed by atoms with Crippen molar-refractivity contribution in [3.8, 4) is 0 Å². The molecule has 2 nitrogen and oxygen atoms in total. The Morgan fingerprint density at radius 1 is 1.50 bits per heavy atom. The first-order valence-electron chi connectivity index (χ1n) is 3.56. The molecule has 0 saturated heterocycles. The van der Waals surface area contributed by atoms with Crippen LogP contribution in [0, 0.1) is 0 Å². The standard InChI is InChI=1S/C8H11ClINO/c1-8(2,3)12-7-5-10-4-6(9)11-7/h4-5H,1-3H3. The molecule has 1 aliphatic heterocycles. The lowest BCUT2D eigenvalue weighted by Crippen LogP contribution is -2.24.